The van der Waals surface area contributed by atoms with Gasteiger partial charge in [-0.15, -0.1) is 0 Å². The average Bonchev–Trinajstić information content (AvgIpc) is 3.12. The van der Waals surface area contributed by atoms with Gasteiger partial charge in [0.15, 0.2) is 0 Å². The van der Waals surface area contributed by atoms with Crippen LogP contribution in [0.25, 0.3) is 10.8 Å². The molecule has 3 aromatic rings. The number of hydrogen-bond acceptors (Lipinski definition) is 8. The van der Waals surface area contributed by atoms with Crippen molar-refractivity contribution in [1.82, 2.24) is 10.6 Å². The number of carbonyl (C=O) groups is 4. The largest absolute Gasteiger partial charge is 0.496 e. The van der Waals surface area contributed by atoms with Crippen molar-refractivity contribution >= 4 is 40.2 Å². The van der Waals surface area contributed by atoms with Crippen molar-refractivity contribution in [2.24, 2.45) is 0 Å². The van der Waals surface area contributed by atoms with Gasteiger partial charge in [-0.3, -0.25) is 9.59 Å². The zero-order chi connectivity index (χ0) is 31.9. The summed E-state index contributed by atoms with van der Waals surface area (Å²) in [6.45, 7) is 1.88. The van der Waals surface area contributed by atoms with Crippen molar-refractivity contribution < 1.29 is 51.7 Å². The number of amides is 2. The van der Waals surface area contributed by atoms with E-state index in [0.717, 1.165) is 16.3 Å². The fourth-order valence-corrected chi connectivity index (χ4v) is 4.18. The number of benzene rings is 3. The highest BCUT2D eigenvalue weighted by molar-refractivity contribution is 6.02. The van der Waals surface area contributed by atoms with E-state index >= 15 is 0 Å². The molecule has 43 heavy (non-hydrogen) atoms. The van der Waals surface area contributed by atoms with Crippen LogP contribution in [-0.2, 0) is 25.7 Å². The third-order valence-electron chi connectivity index (χ3n) is 6.56. The number of alkyl halides is 3. The van der Waals surface area contributed by atoms with E-state index in [4.69, 9.17) is 24.1 Å². The number of carboxylic acid groups (broad SMARTS) is 1. The van der Waals surface area contributed by atoms with E-state index in [1.54, 1.807) is 56.3 Å². The highest BCUT2D eigenvalue weighted by atomic mass is 19.4. The van der Waals surface area contributed by atoms with Gasteiger partial charge >= 0.3 is 18.1 Å². The Balaban J connectivity index is 0.000000646. The molecule has 0 fully saturated rings. The highest BCUT2D eigenvalue weighted by Gasteiger charge is 2.38. The number of carbonyl (C=O) groups excluding carboxylic acids is 3. The van der Waals surface area contributed by atoms with Crippen LogP contribution in [0.5, 0.6) is 11.5 Å². The first kappa shape index (κ1) is 32.7. The fourth-order valence-electron chi connectivity index (χ4n) is 4.18. The Kier molecular flexibility index (Phi) is 10.5. The lowest BCUT2D eigenvalue weighted by Crippen LogP contribution is -2.53. The normalized spacial score (nSPS) is 15.2. The molecule has 2 atom stereocenters. The summed E-state index contributed by atoms with van der Waals surface area (Å²) in [5.74, 6) is -2.67. The van der Waals surface area contributed by atoms with Gasteiger partial charge in [-0.2, -0.15) is 13.2 Å². The van der Waals surface area contributed by atoms with Crippen LogP contribution in [0.15, 0.2) is 54.6 Å². The third-order valence-corrected chi connectivity index (χ3v) is 6.56. The predicted octanol–water partition coefficient (Wildman–Crippen LogP) is 3.29. The van der Waals surface area contributed by atoms with Gasteiger partial charge in [-0.25, -0.2) is 9.59 Å². The monoisotopic (exact) mass is 605 g/mol. The number of hydrogen-bond donors (Lipinski definition) is 3. The fraction of sp³-hybridized carbons (Fsp3) is 0.310. The van der Waals surface area contributed by atoms with Crippen LogP contribution in [-0.4, -0.2) is 75.0 Å². The second-order valence-electron chi connectivity index (χ2n) is 9.25. The second kappa shape index (κ2) is 13.9. The number of likely N-dealkylation sites (N-methyl/N-ethyl adjacent to an activating group) is 1. The lowest BCUT2D eigenvalue weighted by Gasteiger charge is -2.27. The van der Waals surface area contributed by atoms with Crippen molar-refractivity contribution in [3.05, 3.63) is 65.7 Å². The smallest absolute Gasteiger partial charge is 0.490 e. The summed E-state index contributed by atoms with van der Waals surface area (Å²) in [6.07, 6.45) is -5.08. The molecule has 0 saturated carbocycles. The van der Waals surface area contributed by atoms with E-state index in [1.165, 1.54) is 7.11 Å². The molecule has 3 aromatic carbocycles. The topological polar surface area (TPSA) is 144 Å². The van der Waals surface area contributed by atoms with E-state index in [0.29, 0.717) is 22.7 Å². The number of rotatable bonds is 7. The van der Waals surface area contributed by atoms with Gasteiger partial charge in [-0.05, 0) is 55.1 Å². The Morgan fingerprint density at radius 3 is 2.40 bits per heavy atom. The first-order valence-electron chi connectivity index (χ1n) is 12.8. The number of carboxylic acids is 1. The van der Waals surface area contributed by atoms with E-state index in [1.807, 2.05) is 24.3 Å². The molecule has 1 aliphatic rings. The molecule has 0 bridgehead atoms. The Morgan fingerprint density at radius 2 is 1.79 bits per heavy atom. The van der Waals surface area contributed by atoms with Crippen LogP contribution < -0.4 is 25.0 Å². The summed E-state index contributed by atoms with van der Waals surface area (Å²) in [4.78, 5) is 48.9. The minimum absolute atomic E-state index is 0.00365. The number of nitrogens with zero attached hydrogens (tertiary/aromatic N) is 1. The van der Waals surface area contributed by atoms with E-state index < -0.39 is 30.2 Å². The maximum absolute atomic E-state index is 13.8. The number of ether oxygens (including phenoxy) is 3. The van der Waals surface area contributed by atoms with E-state index in [-0.39, 0.29) is 25.0 Å². The first-order chi connectivity index (χ1) is 20.3. The van der Waals surface area contributed by atoms with Gasteiger partial charge in [0.25, 0.3) is 5.91 Å². The SMILES string of the molecule is CN[C@@H](C)C(=O)N[C@H]1COc2ccccc2N(Cc2c(OC)ccc3cc(C(=O)OC)ccc23)C1=O.O=C(O)C(F)(F)F. The molecule has 3 N–H and O–H groups in total. The summed E-state index contributed by atoms with van der Waals surface area (Å²) >= 11 is 0. The van der Waals surface area contributed by atoms with Crippen LogP contribution in [0.4, 0.5) is 18.9 Å². The zero-order valence-corrected chi connectivity index (χ0v) is 23.7. The lowest BCUT2D eigenvalue weighted by molar-refractivity contribution is -0.192. The van der Waals surface area contributed by atoms with Crippen molar-refractivity contribution in [3.8, 4) is 11.5 Å². The number of para-hydroxylation sites is 2. The standard InChI is InChI=1S/C27H29N3O6.C2HF3O2/c1-16(28-2)25(31)29-21-15-36-24-8-6-5-7-22(24)30(26(21)32)14-20-19-11-9-18(27(33)35-4)13-17(19)10-12-23(20)34-3;3-2(4,5)1(6)7/h5-13,16,21,28H,14-15H2,1-4H3,(H,29,31);(H,6,7)/t16-,21-;/m0./s1. The second-order valence-corrected chi connectivity index (χ2v) is 9.25. The quantitative estimate of drug-likeness (QED) is 0.346. The molecule has 0 saturated heterocycles. The molecular formula is C29H30F3N3O8. The molecule has 4 rings (SSSR count). The Morgan fingerprint density at radius 1 is 1.12 bits per heavy atom. The van der Waals surface area contributed by atoms with Gasteiger partial charge in [0, 0.05) is 5.56 Å². The van der Waals surface area contributed by atoms with E-state index in [9.17, 15) is 27.6 Å². The van der Waals surface area contributed by atoms with Crippen molar-refractivity contribution in [3.63, 3.8) is 0 Å². The molecule has 230 valence electrons. The summed E-state index contributed by atoms with van der Waals surface area (Å²) in [5, 5.41) is 14.4. The summed E-state index contributed by atoms with van der Waals surface area (Å²) < 4.78 is 48.2. The molecule has 0 spiro atoms. The number of fused-ring (bicyclic) bond motifs is 2. The van der Waals surface area contributed by atoms with Crippen molar-refractivity contribution in [1.29, 1.82) is 0 Å². The molecular weight excluding hydrogens is 575 g/mol. The summed E-state index contributed by atoms with van der Waals surface area (Å²) in [6, 6.07) is 14.8. The van der Waals surface area contributed by atoms with E-state index in [2.05, 4.69) is 10.6 Å². The number of aliphatic carboxylic acids is 1. The number of halogens is 3. The highest BCUT2D eigenvalue weighted by Crippen LogP contribution is 2.36. The van der Waals surface area contributed by atoms with Gasteiger partial charge in [0.1, 0.15) is 24.1 Å². The molecule has 0 unspecified atom stereocenters. The van der Waals surface area contributed by atoms with Gasteiger partial charge in [-0.1, -0.05) is 24.3 Å². The number of nitrogens with one attached hydrogen (secondary N) is 2. The first-order valence-corrected chi connectivity index (χ1v) is 12.8. The van der Waals surface area contributed by atoms with Crippen molar-refractivity contribution in [2.75, 3.05) is 32.8 Å². The van der Waals surface area contributed by atoms with Crippen LogP contribution in [0.3, 0.4) is 0 Å². The Hall–Kier alpha value is -4.85. The molecule has 0 radical (unpaired) electrons. The maximum atomic E-state index is 13.8. The number of anilines is 1. The maximum Gasteiger partial charge on any atom is 0.490 e. The van der Waals surface area contributed by atoms with Gasteiger partial charge in [0.05, 0.1) is 38.1 Å². The molecule has 11 nitrogen and oxygen atoms in total. The van der Waals surface area contributed by atoms with Gasteiger partial charge < -0.3 is 34.9 Å². The van der Waals surface area contributed by atoms with Crippen molar-refractivity contribution in [2.45, 2.75) is 31.7 Å². The minimum Gasteiger partial charge on any atom is -0.496 e. The molecule has 1 heterocycles. The molecule has 14 heteroatoms. The Bertz CT molecular complexity index is 1510. The van der Waals surface area contributed by atoms with Crippen LogP contribution in [0.2, 0.25) is 0 Å². The van der Waals surface area contributed by atoms with Crippen LogP contribution in [0.1, 0.15) is 22.8 Å². The van der Waals surface area contributed by atoms with Gasteiger partial charge in [0.2, 0.25) is 5.91 Å². The van der Waals surface area contributed by atoms with Crippen LogP contribution >= 0.6 is 0 Å². The zero-order valence-electron chi connectivity index (χ0n) is 23.7. The molecule has 0 aromatic heterocycles. The Labute approximate surface area is 244 Å². The molecule has 1 aliphatic heterocycles. The average molecular weight is 606 g/mol. The minimum atomic E-state index is -5.08. The molecule has 0 aliphatic carbocycles. The van der Waals surface area contributed by atoms with Crippen LogP contribution in [0, 0.1) is 0 Å². The predicted molar refractivity (Wildman–Crippen MR) is 149 cm³/mol. The summed E-state index contributed by atoms with van der Waals surface area (Å²) in [5.41, 5.74) is 1.77. The lowest BCUT2D eigenvalue weighted by atomic mass is 10.00. The number of esters is 1. The third kappa shape index (κ3) is 7.71. The molecule has 2 amide bonds. The number of methoxy groups -OCH3 is 2. The summed E-state index contributed by atoms with van der Waals surface area (Å²) in [7, 11) is 4.58.